The van der Waals surface area contributed by atoms with Crippen LogP contribution in [0.5, 0.6) is 0 Å². The first-order valence-corrected chi connectivity index (χ1v) is 9.31. The number of nitrogens with one attached hydrogen (secondary N) is 3. The number of benzene rings is 3. The fourth-order valence-electron chi connectivity index (χ4n) is 2.90. The van der Waals surface area contributed by atoms with Crippen molar-refractivity contribution in [3.8, 4) is 5.69 Å². The number of anilines is 3. The minimum Gasteiger partial charge on any atom is -0.321 e. The summed E-state index contributed by atoms with van der Waals surface area (Å²) in [5.74, 6) is -0.279. The number of carbonyl (C=O) groups excluding carboxylic acids is 2. The number of hydrogen-bond acceptors (Lipinski definition) is 3. The topological polar surface area (TPSA) is 88.1 Å². The Morgan fingerprint density at radius 2 is 1.20 bits per heavy atom. The van der Waals surface area contributed by atoms with Gasteiger partial charge in [-0.3, -0.25) is 9.36 Å². The van der Waals surface area contributed by atoms with E-state index in [9.17, 15) is 9.59 Å². The molecule has 0 spiro atoms. The Balaban J connectivity index is 1.39. The summed E-state index contributed by atoms with van der Waals surface area (Å²) < 4.78 is 1.72. The number of para-hydroxylation sites is 2. The number of imidazole rings is 1. The zero-order valence-electron chi connectivity index (χ0n) is 15.9. The molecule has 3 N–H and O–H groups in total. The maximum Gasteiger partial charge on any atom is 0.323 e. The third-order valence-corrected chi connectivity index (χ3v) is 4.34. The molecule has 7 nitrogen and oxygen atoms in total. The van der Waals surface area contributed by atoms with Crippen molar-refractivity contribution in [3.63, 3.8) is 0 Å². The summed E-state index contributed by atoms with van der Waals surface area (Å²) in [6, 6.07) is 25.2. The van der Waals surface area contributed by atoms with Crippen LogP contribution in [0.15, 0.2) is 97.5 Å². The number of nitrogens with zero attached hydrogens (tertiary/aromatic N) is 2. The van der Waals surface area contributed by atoms with Gasteiger partial charge in [0.05, 0.1) is 12.5 Å². The number of aromatic nitrogens is 2. The summed E-state index contributed by atoms with van der Waals surface area (Å²) in [6.07, 6.45) is 3.12. The lowest BCUT2D eigenvalue weighted by atomic mass is 10.2. The van der Waals surface area contributed by atoms with Crippen molar-refractivity contribution in [2.45, 2.75) is 0 Å². The summed E-state index contributed by atoms with van der Waals surface area (Å²) in [6.45, 7) is 0. The second kappa shape index (κ2) is 8.74. The average molecular weight is 397 g/mol. The van der Waals surface area contributed by atoms with E-state index < -0.39 is 0 Å². The molecule has 0 aliphatic heterocycles. The van der Waals surface area contributed by atoms with Crippen LogP contribution in [0.2, 0.25) is 0 Å². The van der Waals surface area contributed by atoms with Crippen LogP contribution >= 0.6 is 0 Å². The molecule has 0 aliphatic carbocycles. The molecule has 0 atom stereocenters. The normalized spacial score (nSPS) is 10.3. The number of hydrogen-bond donors (Lipinski definition) is 3. The van der Waals surface area contributed by atoms with Crippen molar-refractivity contribution < 1.29 is 9.59 Å². The smallest absolute Gasteiger partial charge is 0.321 e. The number of carbonyl (C=O) groups is 2. The zero-order valence-corrected chi connectivity index (χ0v) is 15.9. The van der Waals surface area contributed by atoms with Gasteiger partial charge < -0.3 is 16.0 Å². The molecule has 3 aromatic carbocycles. The lowest BCUT2D eigenvalue weighted by Crippen LogP contribution is -2.19. The van der Waals surface area contributed by atoms with Gasteiger partial charge in [0.1, 0.15) is 5.69 Å². The standard InChI is InChI=1S/C23H19N5O2/c29-22(21-15-24-16-28(21)20-9-5-2-6-10-20)25-18-11-13-19(14-12-18)27-23(30)26-17-7-3-1-4-8-17/h1-16H,(H,25,29)(H2,26,27,30). The SMILES string of the molecule is O=C(Nc1ccccc1)Nc1ccc(NC(=O)c2cncn2-c2ccccc2)cc1. The molecule has 148 valence electrons. The lowest BCUT2D eigenvalue weighted by molar-refractivity contribution is 0.102. The summed E-state index contributed by atoms with van der Waals surface area (Å²) in [4.78, 5) is 28.8. The van der Waals surface area contributed by atoms with E-state index in [2.05, 4.69) is 20.9 Å². The molecule has 4 aromatic rings. The van der Waals surface area contributed by atoms with Crippen molar-refractivity contribution in [3.05, 3.63) is 103 Å². The predicted octanol–water partition coefficient (Wildman–Crippen LogP) is 4.77. The third kappa shape index (κ3) is 4.53. The monoisotopic (exact) mass is 397 g/mol. The Morgan fingerprint density at radius 1 is 0.667 bits per heavy atom. The molecule has 30 heavy (non-hydrogen) atoms. The van der Waals surface area contributed by atoms with Crippen LogP contribution in [0.25, 0.3) is 5.69 Å². The van der Waals surface area contributed by atoms with Gasteiger partial charge in [-0.1, -0.05) is 36.4 Å². The van der Waals surface area contributed by atoms with E-state index >= 15 is 0 Å². The highest BCUT2D eigenvalue weighted by Crippen LogP contribution is 2.17. The van der Waals surface area contributed by atoms with Gasteiger partial charge >= 0.3 is 6.03 Å². The van der Waals surface area contributed by atoms with Gasteiger partial charge in [0.2, 0.25) is 0 Å². The Hall–Kier alpha value is -4.39. The second-order valence-electron chi connectivity index (χ2n) is 6.46. The molecule has 3 amide bonds. The highest BCUT2D eigenvalue weighted by atomic mass is 16.2. The maximum absolute atomic E-state index is 12.7. The quantitative estimate of drug-likeness (QED) is 0.453. The Labute approximate surface area is 173 Å². The number of urea groups is 1. The molecule has 0 bridgehead atoms. The maximum atomic E-state index is 12.7. The van der Waals surface area contributed by atoms with Crippen molar-refractivity contribution in [1.29, 1.82) is 0 Å². The van der Waals surface area contributed by atoms with Crippen molar-refractivity contribution in [2.75, 3.05) is 16.0 Å². The summed E-state index contributed by atoms with van der Waals surface area (Å²) in [7, 11) is 0. The van der Waals surface area contributed by atoms with Crippen LogP contribution < -0.4 is 16.0 Å². The van der Waals surface area contributed by atoms with E-state index in [1.807, 2.05) is 48.5 Å². The minimum absolute atomic E-state index is 0.279. The van der Waals surface area contributed by atoms with Crippen LogP contribution in [-0.2, 0) is 0 Å². The van der Waals surface area contributed by atoms with Gasteiger partial charge in [-0.05, 0) is 48.5 Å². The van der Waals surface area contributed by atoms with Crippen molar-refractivity contribution in [2.24, 2.45) is 0 Å². The van der Waals surface area contributed by atoms with Crippen molar-refractivity contribution >= 4 is 29.0 Å². The van der Waals surface area contributed by atoms with E-state index in [-0.39, 0.29) is 11.9 Å². The lowest BCUT2D eigenvalue weighted by Gasteiger charge is -2.10. The fraction of sp³-hybridized carbons (Fsp3) is 0. The zero-order chi connectivity index (χ0) is 20.8. The first-order valence-electron chi connectivity index (χ1n) is 9.31. The van der Waals surface area contributed by atoms with Crippen LogP contribution in [0.3, 0.4) is 0 Å². The van der Waals surface area contributed by atoms with Crippen molar-refractivity contribution in [1.82, 2.24) is 9.55 Å². The molecule has 1 aromatic heterocycles. The first kappa shape index (κ1) is 18.9. The summed E-state index contributed by atoms with van der Waals surface area (Å²) in [5.41, 5.74) is 3.19. The molecular formula is C23H19N5O2. The second-order valence-corrected chi connectivity index (χ2v) is 6.46. The van der Waals surface area contributed by atoms with E-state index in [1.54, 1.807) is 47.3 Å². The molecule has 0 fully saturated rings. The van der Waals surface area contributed by atoms with Crippen LogP contribution in [-0.4, -0.2) is 21.5 Å². The van der Waals surface area contributed by atoms with E-state index in [1.165, 1.54) is 6.20 Å². The van der Waals surface area contributed by atoms with Crippen LogP contribution in [0, 0.1) is 0 Å². The van der Waals surface area contributed by atoms with Gasteiger partial charge in [0.25, 0.3) is 5.91 Å². The van der Waals surface area contributed by atoms with Gasteiger partial charge in [-0.15, -0.1) is 0 Å². The van der Waals surface area contributed by atoms with Gasteiger partial charge in [0.15, 0.2) is 0 Å². The number of rotatable bonds is 5. The molecule has 0 saturated heterocycles. The molecule has 7 heteroatoms. The van der Waals surface area contributed by atoms with E-state index in [0.717, 1.165) is 5.69 Å². The van der Waals surface area contributed by atoms with Gasteiger partial charge in [0, 0.05) is 22.7 Å². The number of amides is 3. The molecule has 0 saturated carbocycles. The Bertz CT molecular complexity index is 1140. The minimum atomic E-state index is -0.343. The molecule has 0 radical (unpaired) electrons. The molecule has 4 rings (SSSR count). The fourth-order valence-corrected chi connectivity index (χ4v) is 2.90. The predicted molar refractivity (Wildman–Crippen MR) is 117 cm³/mol. The Kier molecular flexibility index (Phi) is 5.52. The van der Waals surface area contributed by atoms with Gasteiger partial charge in [-0.25, -0.2) is 9.78 Å². The largest absolute Gasteiger partial charge is 0.323 e. The highest BCUT2D eigenvalue weighted by molar-refractivity contribution is 6.04. The summed E-state index contributed by atoms with van der Waals surface area (Å²) in [5, 5.41) is 8.35. The van der Waals surface area contributed by atoms with Crippen LogP contribution in [0.4, 0.5) is 21.9 Å². The highest BCUT2D eigenvalue weighted by Gasteiger charge is 2.13. The molecule has 0 unspecified atom stereocenters. The molecular weight excluding hydrogens is 378 g/mol. The van der Waals surface area contributed by atoms with Gasteiger partial charge in [-0.2, -0.15) is 0 Å². The first-order chi connectivity index (χ1) is 14.7. The molecule has 1 heterocycles. The molecule has 0 aliphatic rings. The summed E-state index contributed by atoms with van der Waals surface area (Å²) >= 11 is 0. The van der Waals surface area contributed by atoms with E-state index in [0.29, 0.717) is 22.8 Å². The van der Waals surface area contributed by atoms with E-state index in [4.69, 9.17) is 0 Å². The Morgan fingerprint density at radius 3 is 1.83 bits per heavy atom. The average Bonchev–Trinajstić information content (AvgIpc) is 3.27. The van der Waals surface area contributed by atoms with Crippen LogP contribution in [0.1, 0.15) is 10.5 Å². The third-order valence-electron chi connectivity index (χ3n) is 4.34.